The molecule has 4 nitrogen and oxygen atoms in total. The lowest BCUT2D eigenvalue weighted by Crippen LogP contribution is -2.43. The number of nitrogens with one attached hydrogen (secondary N) is 1. The lowest BCUT2D eigenvalue weighted by Gasteiger charge is -2.22. The Hall–Kier alpha value is -1.21. The molecule has 0 radical (unpaired) electrons. The molecule has 2 atom stereocenters. The minimum Gasteiger partial charge on any atom is -0.444 e. The maximum absolute atomic E-state index is 11.2. The van der Waals surface area contributed by atoms with Gasteiger partial charge in [0.1, 0.15) is 11.7 Å². The third kappa shape index (κ3) is 5.44. The van der Waals surface area contributed by atoms with Crippen molar-refractivity contribution in [1.29, 1.82) is 0 Å². The average molecular weight is 199 g/mol. The topological polar surface area (TPSA) is 58.6 Å². The molecule has 0 unspecified atom stereocenters. The SMILES string of the molecule is C#C[C@H](O)[C@H](C)NC(=O)OC(C)(C)C. The number of aliphatic hydroxyl groups excluding tert-OH is 1. The van der Waals surface area contributed by atoms with Crippen LogP contribution >= 0.6 is 0 Å². The monoisotopic (exact) mass is 199 g/mol. The van der Waals surface area contributed by atoms with Crippen LogP contribution < -0.4 is 5.32 Å². The highest BCUT2D eigenvalue weighted by atomic mass is 16.6. The van der Waals surface area contributed by atoms with E-state index in [0.717, 1.165) is 0 Å². The summed E-state index contributed by atoms with van der Waals surface area (Å²) in [6.07, 6.45) is 3.40. The van der Waals surface area contributed by atoms with E-state index in [-0.39, 0.29) is 0 Å². The maximum atomic E-state index is 11.2. The second kappa shape index (κ2) is 4.87. The molecule has 0 aliphatic heterocycles. The van der Waals surface area contributed by atoms with Crippen molar-refractivity contribution in [3.63, 3.8) is 0 Å². The molecule has 0 saturated heterocycles. The zero-order valence-electron chi connectivity index (χ0n) is 9.00. The van der Waals surface area contributed by atoms with Crippen molar-refractivity contribution in [3.8, 4) is 12.3 Å². The highest BCUT2D eigenvalue weighted by Crippen LogP contribution is 2.06. The first kappa shape index (κ1) is 12.8. The molecule has 2 N–H and O–H groups in total. The fraction of sp³-hybridized carbons (Fsp3) is 0.700. The van der Waals surface area contributed by atoms with Crippen molar-refractivity contribution in [2.24, 2.45) is 0 Å². The van der Waals surface area contributed by atoms with Gasteiger partial charge in [-0.25, -0.2) is 4.79 Å². The van der Waals surface area contributed by atoms with Crippen molar-refractivity contribution in [3.05, 3.63) is 0 Å². The first-order chi connectivity index (χ1) is 6.26. The zero-order chi connectivity index (χ0) is 11.4. The number of aliphatic hydroxyl groups is 1. The Morgan fingerprint density at radius 3 is 2.43 bits per heavy atom. The van der Waals surface area contributed by atoms with Gasteiger partial charge in [0.2, 0.25) is 0 Å². The van der Waals surface area contributed by atoms with E-state index in [4.69, 9.17) is 16.3 Å². The average Bonchev–Trinajstić information content (AvgIpc) is 1.99. The molecule has 0 aromatic heterocycles. The van der Waals surface area contributed by atoms with Crippen LogP contribution in [-0.2, 0) is 4.74 Å². The molecule has 0 bridgehead atoms. The fourth-order valence-corrected chi connectivity index (χ4v) is 0.717. The second-order valence-electron chi connectivity index (χ2n) is 4.05. The van der Waals surface area contributed by atoms with Crippen LogP contribution in [0.4, 0.5) is 4.79 Å². The Labute approximate surface area is 84.6 Å². The summed E-state index contributed by atoms with van der Waals surface area (Å²) in [4.78, 5) is 11.2. The number of alkyl carbamates (subject to hydrolysis) is 1. The molecule has 0 fully saturated rings. The Kier molecular flexibility index (Phi) is 4.45. The molecular weight excluding hydrogens is 182 g/mol. The van der Waals surface area contributed by atoms with Crippen LogP contribution in [0.25, 0.3) is 0 Å². The van der Waals surface area contributed by atoms with Crippen molar-refractivity contribution >= 4 is 6.09 Å². The Morgan fingerprint density at radius 2 is 2.07 bits per heavy atom. The summed E-state index contributed by atoms with van der Waals surface area (Å²) in [7, 11) is 0. The van der Waals surface area contributed by atoms with E-state index in [1.807, 2.05) is 0 Å². The van der Waals surface area contributed by atoms with Crippen LogP contribution in [-0.4, -0.2) is 28.9 Å². The van der Waals surface area contributed by atoms with Crippen LogP contribution in [0.3, 0.4) is 0 Å². The number of ether oxygens (including phenoxy) is 1. The number of hydrogen-bond acceptors (Lipinski definition) is 3. The first-order valence-electron chi connectivity index (χ1n) is 4.40. The Balaban J connectivity index is 4.03. The molecular formula is C10H17NO3. The normalized spacial score (nSPS) is 15.1. The lowest BCUT2D eigenvalue weighted by molar-refractivity contribution is 0.0469. The third-order valence-electron chi connectivity index (χ3n) is 1.39. The zero-order valence-corrected chi connectivity index (χ0v) is 9.00. The lowest BCUT2D eigenvalue weighted by atomic mass is 10.2. The number of carbonyl (C=O) groups excluding carboxylic acids is 1. The van der Waals surface area contributed by atoms with Crippen molar-refractivity contribution in [1.82, 2.24) is 5.32 Å². The molecule has 0 aliphatic carbocycles. The number of amides is 1. The minimum atomic E-state index is -0.998. The van der Waals surface area contributed by atoms with Crippen LogP contribution in [0.2, 0.25) is 0 Å². The van der Waals surface area contributed by atoms with E-state index >= 15 is 0 Å². The van der Waals surface area contributed by atoms with E-state index in [1.165, 1.54) is 0 Å². The predicted octanol–water partition coefficient (Wildman–Crippen LogP) is 0.894. The first-order valence-corrected chi connectivity index (χ1v) is 4.40. The largest absolute Gasteiger partial charge is 0.444 e. The standard InChI is InChI=1S/C10H17NO3/c1-6-8(12)7(2)11-9(13)14-10(3,4)5/h1,7-8,12H,2-5H3,(H,11,13)/t7-,8-/m0/s1. The molecule has 80 valence electrons. The molecule has 0 saturated carbocycles. The van der Waals surface area contributed by atoms with Crippen molar-refractivity contribution in [2.45, 2.75) is 45.4 Å². The third-order valence-corrected chi connectivity index (χ3v) is 1.39. The Bertz CT molecular complexity index is 237. The summed E-state index contributed by atoms with van der Waals surface area (Å²) < 4.78 is 4.97. The molecule has 0 aliphatic rings. The van der Waals surface area contributed by atoms with Gasteiger partial charge in [0.15, 0.2) is 0 Å². The van der Waals surface area contributed by atoms with Gasteiger partial charge in [-0.3, -0.25) is 0 Å². The summed E-state index contributed by atoms with van der Waals surface area (Å²) in [5.74, 6) is 2.12. The van der Waals surface area contributed by atoms with Gasteiger partial charge in [-0.1, -0.05) is 5.92 Å². The van der Waals surface area contributed by atoms with Gasteiger partial charge in [-0.2, -0.15) is 0 Å². The van der Waals surface area contributed by atoms with Gasteiger partial charge in [-0.15, -0.1) is 6.42 Å². The number of rotatable bonds is 2. The maximum Gasteiger partial charge on any atom is 0.407 e. The quantitative estimate of drug-likeness (QED) is 0.649. The summed E-state index contributed by atoms with van der Waals surface area (Å²) >= 11 is 0. The van der Waals surface area contributed by atoms with E-state index in [0.29, 0.717) is 0 Å². The van der Waals surface area contributed by atoms with Crippen LogP contribution in [0, 0.1) is 12.3 Å². The van der Waals surface area contributed by atoms with E-state index in [1.54, 1.807) is 27.7 Å². The molecule has 0 heterocycles. The van der Waals surface area contributed by atoms with Gasteiger partial charge < -0.3 is 15.2 Å². The molecule has 0 rings (SSSR count). The van der Waals surface area contributed by atoms with Gasteiger partial charge in [-0.05, 0) is 27.7 Å². The van der Waals surface area contributed by atoms with Crippen molar-refractivity contribution in [2.75, 3.05) is 0 Å². The minimum absolute atomic E-state index is 0.519. The Morgan fingerprint density at radius 1 is 1.57 bits per heavy atom. The van der Waals surface area contributed by atoms with E-state index in [9.17, 15) is 4.79 Å². The number of carbonyl (C=O) groups is 1. The van der Waals surface area contributed by atoms with E-state index < -0.39 is 23.8 Å². The van der Waals surface area contributed by atoms with Gasteiger partial charge in [0, 0.05) is 0 Å². The van der Waals surface area contributed by atoms with Crippen LogP contribution in [0.15, 0.2) is 0 Å². The molecule has 4 heteroatoms. The molecule has 1 amide bonds. The molecule has 0 aromatic rings. The summed E-state index contributed by atoms with van der Waals surface area (Å²) in [5, 5.41) is 11.6. The van der Waals surface area contributed by atoms with Gasteiger partial charge in [0.05, 0.1) is 6.04 Å². The van der Waals surface area contributed by atoms with Gasteiger partial charge in [0.25, 0.3) is 0 Å². The number of hydrogen-bond donors (Lipinski definition) is 2. The van der Waals surface area contributed by atoms with Crippen LogP contribution in [0.1, 0.15) is 27.7 Å². The fourth-order valence-electron chi connectivity index (χ4n) is 0.717. The second-order valence-corrected chi connectivity index (χ2v) is 4.05. The molecule has 0 aromatic carbocycles. The molecule has 14 heavy (non-hydrogen) atoms. The van der Waals surface area contributed by atoms with Crippen LogP contribution in [0.5, 0.6) is 0 Å². The highest BCUT2D eigenvalue weighted by Gasteiger charge is 2.19. The summed E-state index contributed by atoms with van der Waals surface area (Å²) in [6.45, 7) is 6.88. The molecule has 0 spiro atoms. The van der Waals surface area contributed by atoms with Crippen molar-refractivity contribution < 1.29 is 14.6 Å². The predicted molar refractivity (Wildman–Crippen MR) is 53.7 cm³/mol. The highest BCUT2D eigenvalue weighted by molar-refractivity contribution is 5.68. The smallest absolute Gasteiger partial charge is 0.407 e. The number of terminal acetylenes is 1. The summed E-state index contributed by atoms with van der Waals surface area (Å²) in [6, 6.07) is -0.519. The van der Waals surface area contributed by atoms with Gasteiger partial charge >= 0.3 is 6.09 Å². The summed E-state index contributed by atoms with van der Waals surface area (Å²) in [5.41, 5.74) is -0.551. The van der Waals surface area contributed by atoms with E-state index in [2.05, 4.69) is 11.2 Å².